The number of hydrogen-bond acceptors (Lipinski definition) is 6. The number of aryl methyl sites for hydroxylation is 1. The zero-order chi connectivity index (χ0) is 22.0. The Hall–Kier alpha value is -3.80. The molecule has 2 aromatic carbocycles. The Morgan fingerprint density at radius 1 is 1.10 bits per heavy atom. The summed E-state index contributed by atoms with van der Waals surface area (Å²) in [6, 6.07) is 14.3. The summed E-state index contributed by atoms with van der Waals surface area (Å²) in [5, 5.41) is 0. The van der Waals surface area contributed by atoms with Crippen molar-refractivity contribution in [2.45, 2.75) is 20.8 Å². The molecule has 4 rings (SSSR count). The van der Waals surface area contributed by atoms with E-state index in [1.54, 1.807) is 31.2 Å². The number of esters is 1. The van der Waals surface area contributed by atoms with E-state index >= 15 is 0 Å². The third-order valence-corrected chi connectivity index (χ3v) is 5.20. The fourth-order valence-electron chi connectivity index (χ4n) is 3.61. The molecule has 0 saturated heterocycles. The van der Waals surface area contributed by atoms with Crippen LogP contribution in [0.4, 0.5) is 5.69 Å². The molecule has 0 spiro atoms. The van der Waals surface area contributed by atoms with Gasteiger partial charge >= 0.3 is 5.97 Å². The smallest absolute Gasteiger partial charge is 0.379 e. The molecule has 2 heterocycles. The van der Waals surface area contributed by atoms with Crippen LogP contribution in [0.15, 0.2) is 65.0 Å². The number of ether oxygens (including phenoxy) is 2. The molecule has 6 nitrogen and oxygen atoms in total. The van der Waals surface area contributed by atoms with Gasteiger partial charge in [0.25, 0.3) is 0 Å². The Morgan fingerprint density at radius 3 is 2.48 bits per heavy atom. The second kappa shape index (κ2) is 8.52. The predicted molar refractivity (Wildman–Crippen MR) is 118 cm³/mol. The van der Waals surface area contributed by atoms with Gasteiger partial charge in [0.05, 0.1) is 11.8 Å². The molecular weight excluding hydrogens is 394 g/mol. The lowest BCUT2D eigenvalue weighted by molar-refractivity contribution is 0.0701. The van der Waals surface area contributed by atoms with Crippen molar-refractivity contribution in [3.63, 3.8) is 0 Å². The first kappa shape index (κ1) is 20.5. The van der Waals surface area contributed by atoms with Crippen molar-refractivity contribution >= 4 is 23.5 Å². The number of ketones is 1. The molecule has 158 valence electrons. The SMILES string of the molecule is CCN(CC)c1ccc(/C=C2\Oc3cc(OC(=O)c4ccco4)cc(C)c3C2=O)cc1. The predicted octanol–water partition coefficient (Wildman–Crippen LogP) is 5.27. The third-order valence-electron chi connectivity index (χ3n) is 5.20. The third kappa shape index (κ3) is 4.10. The Balaban J connectivity index is 1.56. The van der Waals surface area contributed by atoms with Crippen molar-refractivity contribution in [2.75, 3.05) is 18.0 Å². The zero-order valence-electron chi connectivity index (χ0n) is 17.7. The number of carbonyl (C=O) groups is 2. The van der Waals surface area contributed by atoms with Crippen LogP contribution in [-0.4, -0.2) is 24.8 Å². The van der Waals surface area contributed by atoms with E-state index in [-0.39, 0.29) is 23.1 Å². The highest BCUT2D eigenvalue weighted by Crippen LogP contribution is 2.37. The Labute approximate surface area is 180 Å². The van der Waals surface area contributed by atoms with Crippen molar-refractivity contribution in [2.24, 2.45) is 0 Å². The van der Waals surface area contributed by atoms with Gasteiger partial charge in [-0.3, -0.25) is 4.79 Å². The number of nitrogens with zero attached hydrogens (tertiary/aromatic N) is 1. The molecule has 31 heavy (non-hydrogen) atoms. The normalized spacial score (nSPS) is 13.8. The molecule has 0 atom stereocenters. The molecule has 0 fully saturated rings. The molecule has 0 radical (unpaired) electrons. The molecule has 6 heteroatoms. The second-order valence-corrected chi connectivity index (χ2v) is 7.18. The quantitative estimate of drug-likeness (QED) is 0.309. The van der Waals surface area contributed by atoms with Gasteiger partial charge in [0, 0.05) is 24.8 Å². The lowest BCUT2D eigenvalue weighted by Gasteiger charge is -2.20. The largest absolute Gasteiger partial charge is 0.457 e. The average Bonchev–Trinajstić information content (AvgIpc) is 3.39. The zero-order valence-corrected chi connectivity index (χ0v) is 17.7. The molecule has 1 aromatic heterocycles. The van der Waals surface area contributed by atoms with Gasteiger partial charge in [0.15, 0.2) is 5.76 Å². The standard InChI is InChI=1S/C25H23NO5/c1-4-26(5-2)18-10-8-17(9-11-18)14-22-24(27)23-16(3)13-19(15-21(23)31-22)30-25(28)20-7-6-12-29-20/h6-15H,4-5H2,1-3H3/b22-14-. The number of rotatable bonds is 6. The summed E-state index contributed by atoms with van der Waals surface area (Å²) in [6.07, 6.45) is 3.13. The van der Waals surface area contributed by atoms with Crippen molar-refractivity contribution in [3.8, 4) is 11.5 Å². The van der Waals surface area contributed by atoms with Gasteiger partial charge < -0.3 is 18.8 Å². The summed E-state index contributed by atoms with van der Waals surface area (Å²) in [7, 11) is 0. The number of anilines is 1. The van der Waals surface area contributed by atoms with Crippen molar-refractivity contribution in [1.29, 1.82) is 0 Å². The number of furan rings is 1. The fraction of sp³-hybridized carbons (Fsp3) is 0.200. The fourth-order valence-corrected chi connectivity index (χ4v) is 3.61. The Morgan fingerprint density at radius 2 is 1.84 bits per heavy atom. The highest BCUT2D eigenvalue weighted by Gasteiger charge is 2.30. The molecule has 0 N–H and O–H groups in total. The molecule has 0 saturated carbocycles. The summed E-state index contributed by atoms with van der Waals surface area (Å²) in [5.41, 5.74) is 3.15. The average molecular weight is 417 g/mol. The van der Waals surface area contributed by atoms with Gasteiger partial charge in [-0.1, -0.05) is 12.1 Å². The maximum Gasteiger partial charge on any atom is 0.379 e. The van der Waals surface area contributed by atoms with Crippen LogP contribution >= 0.6 is 0 Å². The van der Waals surface area contributed by atoms with Crippen LogP contribution in [0.2, 0.25) is 0 Å². The monoisotopic (exact) mass is 417 g/mol. The van der Waals surface area contributed by atoms with E-state index in [0.29, 0.717) is 16.9 Å². The minimum atomic E-state index is -0.613. The van der Waals surface area contributed by atoms with E-state index in [1.165, 1.54) is 12.3 Å². The van der Waals surface area contributed by atoms with Gasteiger partial charge in [-0.25, -0.2) is 4.79 Å². The first-order chi connectivity index (χ1) is 15.0. The van der Waals surface area contributed by atoms with Gasteiger partial charge in [-0.2, -0.15) is 0 Å². The van der Waals surface area contributed by atoms with Crippen molar-refractivity contribution in [3.05, 3.63) is 83.0 Å². The van der Waals surface area contributed by atoms with Crippen LogP contribution in [0.1, 0.15) is 45.9 Å². The number of benzene rings is 2. The number of Topliss-reactive ketones (excluding diaryl/α,β-unsaturated/α-hetero) is 1. The van der Waals surface area contributed by atoms with Gasteiger partial charge in [-0.05, 0) is 68.3 Å². The van der Waals surface area contributed by atoms with E-state index in [4.69, 9.17) is 13.9 Å². The van der Waals surface area contributed by atoms with Crippen molar-refractivity contribution < 1.29 is 23.5 Å². The van der Waals surface area contributed by atoms with E-state index in [2.05, 4.69) is 18.7 Å². The molecule has 0 aliphatic carbocycles. The molecular formula is C25H23NO5. The van der Waals surface area contributed by atoms with Gasteiger partial charge in [0.2, 0.25) is 11.5 Å². The topological polar surface area (TPSA) is 69.0 Å². The van der Waals surface area contributed by atoms with Crippen LogP contribution < -0.4 is 14.4 Å². The number of hydrogen-bond donors (Lipinski definition) is 0. The first-order valence-electron chi connectivity index (χ1n) is 10.2. The summed E-state index contributed by atoms with van der Waals surface area (Å²) in [4.78, 5) is 27.3. The van der Waals surface area contributed by atoms with E-state index < -0.39 is 5.97 Å². The highest BCUT2D eigenvalue weighted by molar-refractivity contribution is 6.15. The van der Waals surface area contributed by atoms with Crippen LogP contribution in [0.25, 0.3) is 6.08 Å². The van der Waals surface area contributed by atoms with E-state index in [0.717, 1.165) is 24.3 Å². The molecule has 1 aliphatic rings. The van der Waals surface area contributed by atoms with Crippen LogP contribution in [0.3, 0.4) is 0 Å². The minimum absolute atomic E-state index is 0.101. The second-order valence-electron chi connectivity index (χ2n) is 7.18. The van der Waals surface area contributed by atoms with Gasteiger partial charge in [-0.15, -0.1) is 0 Å². The summed E-state index contributed by atoms with van der Waals surface area (Å²) in [5.74, 6) is 0.197. The lowest BCUT2D eigenvalue weighted by atomic mass is 10.0. The van der Waals surface area contributed by atoms with Crippen LogP contribution in [0.5, 0.6) is 11.5 Å². The molecule has 3 aromatic rings. The maximum atomic E-state index is 12.9. The Kier molecular flexibility index (Phi) is 5.62. The lowest BCUT2D eigenvalue weighted by Crippen LogP contribution is -2.21. The van der Waals surface area contributed by atoms with E-state index in [9.17, 15) is 9.59 Å². The highest BCUT2D eigenvalue weighted by atomic mass is 16.5. The van der Waals surface area contributed by atoms with Gasteiger partial charge in [0.1, 0.15) is 11.5 Å². The maximum absolute atomic E-state index is 12.9. The first-order valence-corrected chi connectivity index (χ1v) is 10.2. The summed E-state index contributed by atoms with van der Waals surface area (Å²) in [6.45, 7) is 7.88. The number of fused-ring (bicyclic) bond motifs is 1. The molecule has 0 amide bonds. The molecule has 0 unspecified atom stereocenters. The van der Waals surface area contributed by atoms with Crippen LogP contribution in [-0.2, 0) is 0 Å². The Bertz CT molecular complexity index is 1140. The number of allylic oxidation sites excluding steroid dienone is 1. The number of carbonyl (C=O) groups excluding carboxylic acids is 2. The molecule has 0 bridgehead atoms. The van der Waals surface area contributed by atoms with Crippen LogP contribution in [0, 0.1) is 6.92 Å². The summed E-state index contributed by atoms with van der Waals surface area (Å²) < 4.78 is 16.2. The summed E-state index contributed by atoms with van der Waals surface area (Å²) >= 11 is 0. The van der Waals surface area contributed by atoms with E-state index in [1.807, 2.05) is 24.3 Å². The molecule has 1 aliphatic heterocycles. The minimum Gasteiger partial charge on any atom is -0.457 e. The van der Waals surface area contributed by atoms with Crippen molar-refractivity contribution in [1.82, 2.24) is 0 Å².